The number of aromatic hydroxyl groups is 1. The molecule has 0 saturated heterocycles. The summed E-state index contributed by atoms with van der Waals surface area (Å²) in [6, 6.07) is 4.42. The van der Waals surface area contributed by atoms with Crippen LogP contribution < -0.4 is 4.72 Å². The lowest BCUT2D eigenvalue weighted by Crippen LogP contribution is -2.14. The molecule has 1 heterocycles. The van der Waals surface area contributed by atoms with Crippen molar-refractivity contribution in [2.24, 2.45) is 7.05 Å². The van der Waals surface area contributed by atoms with Gasteiger partial charge in [0.05, 0.1) is 5.69 Å². The predicted molar refractivity (Wildman–Crippen MR) is 71.6 cm³/mol. The van der Waals surface area contributed by atoms with Crippen molar-refractivity contribution in [3.8, 4) is 5.75 Å². The first-order chi connectivity index (χ1) is 8.79. The van der Waals surface area contributed by atoms with E-state index in [1.54, 1.807) is 25.5 Å². The van der Waals surface area contributed by atoms with Gasteiger partial charge in [-0.15, -0.1) is 0 Å². The van der Waals surface area contributed by atoms with Crippen LogP contribution in [-0.2, 0) is 17.1 Å². The number of imidazole rings is 1. The molecule has 19 heavy (non-hydrogen) atoms. The third-order valence-corrected chi connectivity index (χ3v) is 4.05. The van der Waals surface area contributed by atoms with E-state index in [0.717, 1.165) is 0 Å². The van der Waals surface area contributed by atoms with Crippen LogP contribution in [0.5, 0.6) is 5.75 Å². The van der Waals surface area contributed by atoms with Crippen LogP contribution in [0.3, 0.4) is 0 Å². The van der Waals surface area contributed by atoms with E-state index in [1.165, 1.54) is 24.4 Å². The van der Waals surface area contributed by atoms with Gasteiger partial charge < -0.3 is 9.67 Å². The van der Waals surface area contributed by atoms with Gasteiger partial charge in [-0.05, 0) is 37.6 Å². The molecule has 0 aliphatic heterocycles. The van der Waals surface area contributed by atoms with E-state index in [4.69, 9.17) is 0 Å². The normalized spacial score (nSPS) is 11.5. The number of sulfonamides is 1. The first-order valence-corrected chi connectivity index (χ1v) is 7.10. The van der Waals surface area contributed by atoms with Gasteiger partial charge in [-0.1, -0.05) is 0 Å². The number of hydrogen-bond acceptors (Lipinski definition) is 4. The third kappa shape index (κ3) is 2.70. The van der Waals surface area contributed by atoms with Crippen LogP contribution in [0.25, 0.3) is 0 Å². The highest BCUT2D eigenvalue weighted by molar-refractivity contribution is 7.92. The minimum Gasteiger partial charge on any atom is -0.508 e. The molecule has 2 rings (SSSR count). The number of nitrogens with zero attached hydrogens (tertiary/aromatic N) is 2. The fraction of sp³-hybridized carbons (Fsp3) is 0.250. The zero-order chi connectivity index (χ0) is 14.2. The molecule has 2 aromatic rings. The lowest BCUT2D eigenvalue weighted by molar-refractivity contribution is 0.475. The Labute approximate surface area is 111 Å². The Kier molecular flexibility index (Phi) is 3.23. The van der Waals surface area contributed by atoms with Gasteiger partial charge in [-0.3, -0.25) is 4.72 Å². The number of aromatic nitrogens is 2. The van der Waals surface area contributed by atoms with Crippen molar-refractivity contribution in [2.45, 2.75) is 18.9 Å². The maximum Gasteiger partial charge on any atom is 0.280 e. The summed E-state index contributed by atoms with van der Waals surface area (Å²) in [6.07, 6.45) is 1.45. The minimum atomic E-state index is -3.71. The molecular formula is C12H15N3O3S. The average molecular weight is 281 g/mol. The monoisotopic (exact) mass is 281 g/mol. The van der Waals surface area contributed by atoms with E-state index in [9.17, 15) is 13.5 Å². The summed E-state index contributed by atoms with van der Waals surface area (Å²) in [5, 5.41) is 9.27. The molecule has 0 amide bonds. The van der Waals surface area contributed by atoms with Gasteiger partial charge in [0.15, 0.2) is 5.03 Å². The summed E-state index contributed by atoms with van der Waals surface area (Å²) >= 11 is 0. The number of phenolic OH excluding ortho intramolecular Hbond substituents is 1. The molecule has 0 saturated carbocycles. The second-order valence-corrected chi connectivity index (χ2v) is 5.97. The van der Waals surface area contributed by atoms with Gasteiger partial charge >= 0.3 is 0 Å². The van der Waals surface area contributed by atoms with Crippen LogP contribution in [0.15, 0.2) is 29.4 Å². The highest BCUT2D eigenvalue weighted by atomic mass is 32.2. The van der Waals surface area contributed by atoms with Crippen molar-refractivity contribution in [1.29, 1.82) is 0 Å². The van der Waals surface area contributed by atoms with Gasteiger partial charge in [-0.2, -0.15) is 8.42 Å². The van der Waals surface area contributed by atoms with Gasteiger partial charge in [0.25, 0.3) is 10.0 Å². The zero-order valence-corrected chi connectivity index (χ0v) is 11.7. The quantitative estimate of drug-likeness (QED) is 0.836. The molecule has 0 radical (unpaired) electrons. The number of nitrogens with one attached hydrogen (secondary N) is 1. The van der Waals surface area contributed by atoms with E-state index < -0.39 is 10.0 Å². The predicted octanol–water partition coefficient (Wildman–Crippen LogP) is 1.54. The van der Waals surface area contributed by atoms with Crippen molar-refractivity contribution < 1.29 is 13.5 Å². The third-order valence-electron chi connectivity index (χ3n) is 2.82. The fourth-order valence-corrected chi connectivity index (χ4v) is 2.79. The van der Waals surface area contributed by atoms with E-state index in [1.807, 2.05) is 0 Å². The molecule has 0 aliphatic rings. The number of hydrogen-bond donors (Lipinski definition) is 2. The lowest BCUT2D eigenvalue weighted by Gasteiger charge is -2.08. The Bertz CT molecular complexity index is 700. The van der Waals surface area contributed by atoms with Gasteiger partial charge in [0, 0.05) is 13.2 Å². The molecule has 0 aliphatic carbocycles. The summed E-state index contributed by atoms with van der Waals surface area (Å²) in [6.45, 7) is 3.44. The summed E-state index contributed by atoms with van der Waals surface area (Å²) in [5.74, 6) is 0.705. The molecule has 0 bridgehead atoms. The van der Waals surface area contributed by atoms with E-state index in [2.05, 4.69) is 9.71 Å². The fourth-order valence-electron chi connectivity index (χ4n) is 1.62. The van der Waals surface area contributed by atoms with E-state index in [0.29, 0.717) is 17.1 Å². The van der Waals surface area contributed by atoms with Gasteiger partial charge in [0.2, 0.25) is 0 Å². The summed E-state index contributed by atoms with van der Waals surface area (Å²) in [7, 11) is -1.98. The number of aryl methyl sites for hydroxylation is 3. The molecule has 7 heteroatoms. The van der Waals surface area contributed by atoms with E-state index in [-0.39, 0.29) is 10.8 Å². The molecule has 0 spiro atoms. The Balaban J connectivity index is 2.36. The second kappa shape index (κ2) is 4.58. The van der Waals surface area contributed by atoms with Crippen LogP contribution in [0.1, 0.15) is 11.4 Å². The van der Waals surface area contributed by atoms with Gasteiger partial charge in [-0.25, -0.2) is 4.98 Å². The molecule has 0 fully saturated rings. The summed E-state index contributed by atoms with van der Waals surface area (Å²) in [5.41, 5.74) is 1.05. The Morgan fingerprint density at radius 1 is 1.32 bits per heavy atom. The summed E-state index contributed by atoms with van der Waals surface area (Å²) in [4.78, 5) is 3.99. The second-order valence-electron chi connectivity index (χ2n) is 4.34. The maximum absolute atomic E-state index is 12.2. The number of benzene rings is 1. The van der Waals surface area contributed by atoms with Crippen molar-refractivity contribution in [2.75, 3.05) is 4.72 Å². The standard InChI is InChI=1S/C12H15N3O3S/c1-8-6-10(16)4-5-11(8)14-19(17,18)12-7-15(3)9(2)13-12/h4-7,14,16H,1-3H3. The smallest absolute Gasteiger partial charge is 0.280 e. The van der Waals surface area contributed by atoms with Crippen LogP contribution in [0.4, 0.5) is 5.69 Å². The SMILES string of the molecule is Cc1cc(O)ccc1NS(=O)(=O)c1cn(C)c(C)n1. The molecule has 0 atom stereocenters. The molecule has 102 valence electrons. The van der Waals surface area contributed by atoms with Crippen LogP contribution in [0.2, 0.25) is 0 Å². The Hall–Kier alpha value is -2.02. The molecule has 1 aromatic heterocycles. The van der Waals surface area contributed by atoms with Gasteiger partial charge in [0.1, 0.15) is 11.6 Å². The number of phenols is 1. The first-order valence-electron chi connectivity index (χ1n) is 5.62. The average Bonchev–Trinajstić information content (AvgIpc) is 2.64. The minimum absolute atomic E-state index is 0.0278. The van der Waals surface area contributed by atoms with Crippen LogP contribution >= 0.6 is 0 Å². The topological polar surface area (TPSA) is 84.2 Å². The van der Waals surface area contributed by atoms with Crippen molar-refractivity contribution in [3.05, 3.63) is 35.8 Å². The number of anilines is 1. The highest BCUT2D eigenvalue weighted by Gasteiger charge is 2.19. The molecule has 1 aromatic carbocycles. The van der Waals surface area contributed by atoms with Crippen molar-refractivity contribution in [3.63, 3.8) is 0 Å². The molecule has 2 N–H and O–H groups in total. The lowest BCUT2D eigenvalue weighted by atomic mass is 10.2. The molecule has 6 nitrogen and oxygen atoms in total. The number of rotatable bonds is 3. The highest BCUT2D eigenvalue weighted by Crippen LogP contribution is 2.22. The first kappa shape index (κ1) is 13.4. The van der Waals surface area contributed by atoms with Crippen LogP contribution in [0, 0.1) is 13.8 Å². The van der Waals surface area contributed by atoms with Crippen molar-refractivity contribution >= 4 is 15.7 Å². The Morgan fingerprint density at radius 3 is 2.53 bits per heavy atom. The van der Waals surface area contributed by atoms with E-state index >= 15 is 0 Å². The largest absolute Gasteiger partial charge is 0.508 e. The van der Waals surface area contributed by atoms with Crippen molar-refractivity contribution in [1.82, 2.24) is 9.55 Å². The summed E-state index contributed by atoms with van der Waals surface area (Å²) < 4.78 is 28.4. The maximum atomic E-state index is 12.2. The molecular weight excluding hydrogens is 266 g/mol. The zero-order valence-electron chi connectivity index (χ0n) is 10.9. The van der Waals surface area contributed by atoms with Crippen LogP contribution in [-0.4, -0.2) is 23.1 Å². The Morgan fingerprint density at radius 2 is 2.00 bits per heavy atom. The molecule has 0 unspecified atom stereocenters.